The molecule has 3 heterocycles. The summed E-state index contributed by atoms with van der Waals surface area (Å²) < 4.78 is 0. The van der Waals surface area contributed by atoms with E-state index in [0.717, 1.165) is 49.8 Å². The number of nitrogens with zero attached hydrogens (tertiary/aromatic N) is 7. The van der Waals surface area contributed by atoms with Crippen molar-refractivity contribution in [3.8, 4) is 0 Å². The van der Waals surface area contributed by atoms with E-state index in [2.05, 4.69) is 52.2 Å². The van der Waals surface area contributed by atoms with Crippen LogP contribution in [0.5, 0.6) is 0 Å². The number of carbonyl (C=O) groups is 1. The highest BCUT2D eigenvalue weighted by atomic mass is 16.1. The molecule has 0 aliphatic carbocycles. The fourth-order valence-corrected chi connectivity index (χ4v) is 3.99. The van der Waals surface area contributed by atoms with E-state index in [-0.39, 0.29) is 5.78 Å². The first-order valence-corrected chi connectivity index (χ1v) is 11.6. The van der Waals surface area contributed by atoms with Crippen LogP contribution in [0.15, 0.2) is 73.3 Å². The van der Waals surface area contributed by atoms with Gasteiger partial charge in [-0.05, 0) is 30.2 Å². The first-order chi connectivity index (χ1) is 17.1. The van der Waals surface area contributed by atoms with Crippen molar-refractivity contribution in [2.45, 2.75) is 13.3 Å². The van der Waals surface area contributed by atoms with Crippen LogP contribution in [0.3, 0.4) is 0 Å². The van der Waals surface area contributed by atoms with Gasteiger partial charge in [0.15, 0.2) is 5.78 Å². The Bertz CT molecular complexity index is 1290. The van der Waals surface area contributed by atoms with Crippen LogP contribution in [-0.2, 0) is 6.42 Å². The molecule has 1 aliphatic heterocycles. The van der Waals surface area contributed by atoms with Gasteiger partial charge in [0.1, 0.15) is 6.33 Å². The molecule has 5 rings (SSSR count). The van der Waals surface area contributed by atoms with Gasteiger partial charge in [-0.15, -0.1) is 0 Å². The van der Waals surface area contributed by atoms with Gasteiger partial charge in [0.05, 0.1) is 0 Å². The van der Waals surface area contributed by atoms with E-state index >= 15 is 0 Å². The van der Waals surface area contributed by atoms with Crippen LogP contribution < -0.4 is 15.1 Å². The Hall–Kier alpha value is -4.40. The minimum atomic E-state index is 0.0117. The molecule has 9 nitrogen and oxygen atoms in total. The second-order valence-corrected chi connectivity index (χ2v) is 8.40. The molecule has 0 saturated carbocycles. The standard InChI is InChI=1S/C26H26N8O/c1-19(35)22-8-5-9-23(15-22)31-24-29-18-30-26(32-24)34-12-10-33(11-13-34)25-27-16-21(17-28-25)14-20-6-3-2-4-7-20/h2-9,15-18H,10-14H2,1H3,(H,29,30,31,32). The Morgan fingerprint density at radius 1 is 0.829 bits per heavy atom. The molecule has 1 saturated heterocycles. The highest BCUT2D eigenvalue weighted by Gasteiger charge is 2.21. The number of anilines is 4. The predicted molar refractivity (Wildman–Crippen MR) is 135 cm³/mol. The second kappa shape index (κ2) is 10.3. The van der Waals surface area contributed by atoms with Crippen molar-refractivity contribution in [3.05, 3.63) is 90.0 Å². The molecular formula is C26H26N8O. The van der Waals surface area contributed by atoms with Gasteiger partial charge in [0, 0.05) is 56.2 Å². The van der Waals surface area contributed by atoms with Gasteiger partial charge in [0.25, 0.3) is 0 Å². The lowest BCUT2D eigenvalue weighted by Crippen LogP contribution is -2.47. The van der Waals surface area contributed by atoms with Crippen LogP contribution >= 0.6 is 0 Å². The van der Waals surface area contributed by atoms with Crippen molar-refractivity contribution in [2.75, 3.05) is 41.3 Å². The molecule has 0 amide bonds. The van der Waals surface area contributed by atoms with Crippen molar-refractivity contribution in [1.29, 1.82) is 0 Å². The second-order valence-electron chi connectivity index (χ2n) is 8.40. The zero-order valence-electron chi connectivity index (χ0n) is 19.5. The van der Waals surface area contributed by atoms with Gasteiger partial charge >= 0.3 is 0 Å². The number of hydrogen-bond acceptors (Lipinski definition) is 9. The Morgan fingerprint density at radius 2 is 1.54 bits per heavy atom. The average Bonchev–Trinajstić information content (AvgIpc) is 2.90. The van der Waals surface area contributed by atoms with E-state index in [0.29, 0.717) is 17.5 Å². The summed E-state index contributed by atoms with van der Waals surface area (Å²) in [5.74, 6) is 1.81. The van der Waals surface area contributed by atoms with Gasteiger partial charge in [-0.3, -0.25) is 4.79 Å². The lowest BCUT2D eigenvalue weighted by Gasteiger charge is -2.34. The van der Waals surface area contributed by atoms with Crippen molar-refractivity contribution in [1.82, 2.24) is 24.9 Å². The van der Waals surface area contributed by atoms with Crippen molar-refractivity contribution < 1.29 is 4.79 Å². The molecule has 2 aromatic heterocycles. The highest BCUT2D eigenvalue weighted by molar-refractivity contribution is 5.95. The van der Waals surface area contributed by atoms with Gasteiger partial charge in [-0.1, -0.05) is 42.5 Å². The van der Waals surface area contributed by atoms with Crippen LogP contribution in [0.1, 0.15) is 28.4 Å². The maximum absolute atomic E-state index is 11.6. The maximum Gasteiger partial charge on any atom is 0.231 e. The number of benzene rings is 2. The molecule has 1 N–H and O–H groups in total. The Balaban J connectivity index is 1.19. The van der Waals surface area contributed by atoms with Crippen LogP contribution in [0.2, 0.25) is 0 Å². The molecule has 0 spiro atoms. The summed E-state index contributed by atoms with van der Waals surface area (Å²) in [6, 6.07) is 17.6. The van der Waals surface area contributed by atoms with E-state index in [4.69, 9.17) is 0 Å². The minimum absolute atomic E-state index is 0.0117. The van der Waals surface area contributed by atoms with Crippen molar-refractivity contribution in [2.24, 2.45) is 0 Å². The fourth-order valence-electron chi connectivity index (χ4n) is 3.99. The lowest BCUT2D eigenvalue weighted by atomic mass is 10.1. The molecule has 4 aromatic rings. The van der Waals surface area contributed by atoms with Crippen LogP contribution in [-0.4, -0.2) is 56.9 Å². The topological polar surface area (TPSA) is 100 Å². The number of Topliss-reactive ketones (excluding diaryl/α,β-unsaturated/α-hetero) is 1. The van der Waals surface area contributed by atoms with E-state index < -0.39 is 0 Å². The van der Waals surface area contributed by atoms with Crippen LogP contribution in [0, 0.1) is 0 Å². The van der Waals surface area contributed by atoms with Gasteiger partial charge < -0.3 is 15.1 Å². The maximum atomic E-state index is 11.6. The third-order valence-electron chi connectivity index (χ3n) is 5.87. The SMILES string of the molecule is CC(=O)c1cccc(Nc2ncnc(N3CCN(c4ncc(Cc5ccccc5)cn4)CC3)n2)c1. The number of nitrogens with one attached hydrogen (secondary N) is 1. The largest absolute Gasteiger partial charge is 0.337 e. The molecule has 1 aliphatic rings. The molecule has 0 unspecified atom stereocenters. The quantitative estimate of drug-likeness (QED) is 0.410. The van der Waals surface area contributed by atoms with E-state index in [1.807, 2.05) is 42.7 Å². The first-order valence-electron chi connectivity index (χ1n) is 11.6. The van der Waals surface area contributed by atoms with Crippen molar-refractivity contribution in [3.63, 3.8) is 0 Å². The third-order valence-corrected chi connectivity index (χ3v) is 5.87. The molecule has 176 valence electrons. The fraction of sp³-hybridized carbons (Fsp3) is 0.231. The molecule has 35 heavy (non-hydrogen) atoms. The van der Waals surface area contributed by atoms with E-state index in [9.17, 15) is 4.79 Å². The number of aromatic nitrogens is 5. The molecular weight excluding hydrogens is 440 g/mol. The molecule has 1 fully saturated rings. The summed E-state index contributed by atoms with van der Waals surface area (Å²) in [5.41, 5.74) is 3.73. The van der Waals surface area contributed by atoms with E-state index in [1.54, 1.807) is 19.1 Å². The Labute approximate surface area is 203 Å². The normalized spacial score (nSPS) is 13.5. The zero-order chi connectivity index (χ0) is 24.0. The summed E-state index contributed by atoms with van der Waals surface area (Å²) in [6.45, 7) is 4.58. The Morgan fingerprint density at radius 3 is 2.26 bits per heavy atom. The molecule has 2 aromatic carbocycles. The number of carbonyl (C=O) groups excluding carboxylic acids is 1. The summed E-state index contributed by atoms with van der Waals surface area (Å²) in [7, 11) is 0. The highest BCUT2D eigenvalue weighted by Crippen LogP contribution is 2.19. The van der Waals surface area contributed by atoms with Gasteiger partial charge in [-0.25, -0.2) is 19.9 Å². The van der Waals surface area contributed by atoms with Gasteiger partial charge in [-0.2, -0.15) is 4.98 Å². The smallest absolute Gasteiger partial charge is 0.231 e. The minimum Gasteiger partial charge on any atom is -0.337 e. The first kappa shape index (κ1) is 22.4. The number of hydrogen-bond donors (Lipinski definition) is 1. The van der Waals surface area contributed by atoms with Crippen LogP contribution in [0.25, 0.3) is 0 Å². The Kier molecular flexibility index (Phi) is 6.56. The van der Waals surface area contributed by atoms with E-state index in [1.165, 1.54) is 11.9 Å². The third kappa shape index (κ3) is 5.57. The van der Waals surface area contributed by atoms with Crippen molar-refractivity contribution >= 4 is 29.3 Å². The number of piperazine rings is 1. The summed E-state index contributed by atoms with van der Waals surface area (Å²) >= 11 is 0. The predicted octanol–water partition coefficient (Wildman–Crippen LogP) is 3.53. The van der Waals surface area contributed by atoms with Gasteiger partial charge in [0.2, 0.25) is 17.8 Å². The number of ketones is 1. The molecule has 0 atom stereocenters. The van der Waals surface area contributed by atoms with Crippen LogP contribution in [0.4, 0.5) is 23.5 Å². The molecule has 9 heteroatoms. The molecule has 0 radical (unpaired) electrons. The average molecular weight is 467 g/mol. The molecule has 0 bridgehead atoms. The summed E-state index contributed by atoms with van der Waals surface area (Å²) in [6.07, 6.45) is 6.14. The number of rotatable bonds is 7. The summed E-state index contributed by atoms with van der Waals surface area (Å²) in [4.78, 5) is 38.3. The lowest BCUT2D eigenvalue weighted by molar-refractivity contribution is 0.101. The summed E-state index contributed by atoms with van der Waals surface area (Å²) in [5, 5.41) is 3.16. The monoisotopic (exact) mass is 466 g/mol. The zero-order valence-corrected chi connectivity index (χ0v) is 19.5.